The molecule has 0 aliphatic heterocycles. The molecule has 1 rings (SSSR count). The van der Waals surface area contributed by atoms with E-state index in [-0.39, 0.29) is 6.04 Å². The first kappa shape index (κ1) is 18.0. The van der Waals surface area contributed by atoms with Crippen molar-refractivity contribution < 1.29 is 14.6 Å². The van der Waals surface area contributed by atoms with Crippen molar-refractivity contribution in [3.05, 3.63) is 29.8 Å². The smallest absolute Gasteiger partial charge is 0.120 e. The summed E-state index contributed by atoms with van der Waals surface area (Å²) in [5, 5.41) is 10.1. The highest BCUT2D eigenvalue weighted by Gasteiger charge is 2.20. The first-order chi connectivity index (χ1) is 10.2. The first-order valence-electron chi connectivity index (χ1n) is 7.91. The van der Waals surface area contributed by atoms with Crippen LogP contribution >= 0.6 is 0 Å². The number of nitrogens with zero attached hydrogens (tertiary/aromatic N) is 1. The molecule has 0 saturated carbocycles. The summed E-state index contributed by atoms with van der Waals surface area (Å²) in [6.45, 7) is 10.7. The Morgan fingerprint density at radius 2 is 1.57 bits per heavy atom. The number of ether oxygens (including phenoxy) is 2. The predicted octanol–water partition coefficient (Wildman–Crippen LogP) is 3.22. The first-order valence-corrected chi connectivity index (χ1v) is 7.91. The van der Waals surface area contributed by atoms with E-state index in [0.717, 1.165) is 38.3 Å². The molecular formula is C17H29NO3. The molecule has 0 fully saturated rings. The van der Waals surface area contributed by atoms with Gasteiger partial charge in [0.1, 0.15) is 5.75 Å². The van der Waals surface area contributed by atoms with Gasteiger partial charge in [-0.2, -0.15) is 0 Å². The molecule has 1 N–H and O–H groups in total. The number of phenols is 1. The molecule has 4 heteroatoms. The third-order valence-electron chi connectivity index (χ3n) is 3.58. The van der Waals surface area contributed by atoms with Crippen molar-refractivity contribution in [3.63, 3.8) is 0 Å². The summed E-state index contributed by atoms with van der Waals surface area (Å²) >= 11 is 0. The average molecular weight is 295 g/mol. The molecule has 4 nitrogen and oxygen atoms in total. The third kappa shape index (κ3) is 6.04. The second-order valence-corrected chi connectivity index (χ2v) is 4.91. The van der Waals surface area contributed by atoms with Gasteiger partial charge in [0.2, 0.25) is 0 Å². The SMILES string of the molecule is CCOCCN(CCOCC)C(CC)c1ccccc1O. The number of hydrogen-bond acceptors (Lipinski definition) is 4. The summed E-state index contributed by atoms with van der Waals surface area (Å²) in [6, 6.07) is 7.77. The van der Waals surface area contributed by atoms with Crippen LogP contribution in [0, 0.1) is 0 Å². The number of hydrogen-bond donors (Lipinski definition) is 1. The molecule has 0 spiro atoms. The van der Waals surface area contributed by atoms with Crippen LogP contribution in [0.25, 0.3) is 0 Å². The highest BCUT2D eigenvalue weighted by Crippen LogP contribution is 2.30. The summed E-state index contributed by atoms with van der Waals surface area (Å²) < 4.78 is 11.0. The van der Waals surface area contributed by atoms with E-state index < -0.39 is 0 Å². The third-order valence-corrected chi connectivity index (χ3v) is 3.58. The predicted molar refractivity (Wildman–Crippen MR) is 85.7 cm³/mol. The minimum atomic E-state index is 0.187. The van der Waals surface area contributed by atoms with Crippen LogP contribution in [0.15, 0.2) is 24.3 Å². The fourth-order valence-electron chi connectivity index (χ4n) is 2.52. The molecule has 1 aromatic rings. The van der Waals surface area contributed by atoms with Crippen LogP contribution in [0.5, 0.6) is 5.75 Å². The van der Waals surface area contributed by atoms with Crippen molar-refractivity contribution in [2.45, 2.75) is 33.2 Å². The molecule has 0 aliphatic rings. The summed E-state index contributed by atoms with van der Waals surface area (Å²) in [7, 11) is 0. The largest absolute Gasteiger partial charge is 0.508 e. The molecule has 0 aromatic heterocycles. The lowest BCUT2D eigenvalue weighted by Crippen LogP contribution is -2.34. The maximum atomic E-state index is 10.1. The number of aromatic hydroxyl groups is 1. The summed E-state index contributed by atoms with van der Waals surface area (Å²) in [4.78, 5) is 2.33. The van der Waals surface area contributed by atoms with E-state index in [0.29, 0.717) is 19.0 Å². The maximum Gasteiger partial charge on any atom is 0.120 e. The molecule has 1 aromatic carbocycles. The Bertz CT molecular complexity index is 374. The normalized spacial score (nSPS) is 12.8. The Labute approximate surface area is 128 Å². The van der Waals surface area contributed by atoms with Crippen LogP contribution in [0.2, 0.25) is 0 Å². The van der Waals surface area contributed by atoms with Crippen LogP contribution in [0.3, 0.4) is 0 Å². The lowest BCUT2D eigenvalue weighted by Gasteiger charge is -2.31. The van der Waals surface area contributed by atoms with E-state index in [1.54, 1.807) is 6.07 Å². The zero-order valence-corrected chi connectivity index (χ0v) is 13.5. The van der Waals surface area contributed by atoms with Crippen LogP contribution < -0.4 is 0 Å². The lowest BCUT2D eigenvalue weighted by molar-refractivity contribution is 0.0607. The quantitative estimate of drug-likeness (QED) is 0.637. The fraction of sp³-hybridized carbons (Fsp3) is 0.647. The molecule has 0 radical (unpaired) electrons. The number of phenolic OH excluding ortho intramolecular Hbond substituents is 1. The number of rotatable bonds is 11. The van der Waals surface area contributed by atoms with Gasteiger partial charge in [-0.25, -0.2) is 0 Å². The van der Waals surface area contributed by atoms with Gasteiger partial charge < -0.3 is 14.6 Å². The standard InChI is InChI=1S/C17H29NO3/c1-4-16(15-9-7-8-10-17(15)19)18(11-13-20-5-2)12-14-21-6-3/h7-10,16,19H,4-6,11-14H2,1-3H3. The lowest BCUT2D eigenvalue weighted by atomic mass is 10.0. The van der Waals surface area contributed by atoms with E-state index in [2.05, 4.69) is 11.8 Å². The van der Waals surface area contributed by atoms with Gasteiger partial charge in [-0.15, -0.1) is 0 Å². The van der Waals surface area contributed by atoms with Gasteiger partial charge in [0.15, 0.2) is 0 Å². The Kier molecular flexibility index (Phi) is 9.06. The Morgan fingerprint density at radius 1 is 1.00 bits per heavy atom. The van der Waals surface area contributed by atoms with E-state index in [4.69, 9.17) is 9.47 Å². The van der Waals surface area contributed by atoms with Crippen LogP contribution in [-0.4, -0.2) is 49.5 Å². The summed E-state index contributed by atoms with van der Waals surface area (Å²) in [5.74, 6) is 0.363. The van der Waals surface area contributed by atoms with Gasteiger partial charge in [-0.3, -0.25) is 4.90 Å². The molecule has 0 aliphatic carbocycles. The minimum Gasteiger partial charge on any atom is -0.508 e. The molecule has 0 bridgehead atoms. The summed E-state index contributed by atoms with van der Waals surface area (Å²) in [6.07, 6.45) is 0.940. The fourth-order valence-corrected chi connectivity index (χ4v) is 2.52. The number of para-hydroxylation sites is 1. The molecule has 0 amide bonds. The van der Waals surface area contributed by atoms with Gasteiger partial charge in [0.05, 0.1) is 13.2 Å². The van der Waals surface area contributed by atoms with Crippen molar-refractivity contribution >= 4 is 0 Å². The maximum absolute atomic E-state index is 10.1. The number of benzene rings is 1. The zero-order valence-electron chi connectivity index (χ0n) is 13.5. The van der Waals surface area contributed by atoms with Crippen molar-refractivity contribution in [1.82, 2.24) is 4.90 Å². The molecular weight excluding hydrogens is 266 g/mol. The van der Waals surface area contributed by atoms with E-state index in [1.165, 1.54) is 0 Å². The Hall–Kier alpha value is -1.10. The molecule has 120 valence electrons. The van der Waals surface area contributed by atoms with Crippen molar-refractivity contribution in [3.8, 4) is 5.75 Å². The van der Waals surface area contributed by atoms with E-state index in [9.17, 15) is 5.11 Å². The van der Waals surface area contributed by atoms with Gasteiger partial charge in [-0.1, -0.05) is 25.1 Å². The van der Waals surface area contributed by atoms with Gasteiger partial charge >= 0.3 is 0 Å². The molecule has 0 saturated heterocycles. The zero-order chi connectivity index (χ0) is 15.5. The van der Waals surface area contributed by atoms with Gasteiger partial charge in [0.25, 0.3) is 0 Å². The Balaban J connectivity index is 2.78. The van der Waals surface area contributed by atoms with E-state index >= 15 is 0 Å². The van der Waals surface area contributed by atoms with Crippen LogP contribution in [0.1, 0.15) is 38.8 Å². The average Bonchev–Trinajstić information content (AvgIpc) is 2.49. The van der Waals surface area contributed by atoms with Gasteiger partial charge in [-0.05, 0) is 26.3 Å². The monoisotopic (exact) mass is 295 g/mol. The second-order valence-electron chi connectivity index (χ2n) is 4.91. The molecule has 21 heavy (non-hydrogen) atoms. The van der Waals surface area contributed by atoms with Gasteiger partial charge in [0, 0.05) is 37.9 Å². The van der Waals surface area contributed by atoms with Crippen LogP contribution in [-0.2, 0) is 9.47 Å². The molecule has 1 atom stereocenters. The van der Waals surface area contributed by atoms with Crippen molar-refractivity contribution in [1.29, 1.82) is 0 Å². The minimum absolute atomic E-state index is 0.187. The highest BCUT2D eigenvalue weighted by molar-refractivity contribution is 5.34. The van der Waals surface area contributed by atoms with Crippen LogP contribution in [0.4, 0.5) is 0 Å². The van der Waals surface area contributed by atoms with Crippen molar-refractivity contribution in [2.75, 3.05) is 39.5 Å². The summed E-state index contributed by atoms with van der Waals surface area (Å²) in [5.41, 5.74) is 0.980. The topological polar surface area (TPSA) is 41.9 Å². The second kappa shape index (κ2) is 10.6. The molecule has 0 heterocycles. The van der Waals surface area contributed by atoms with E-state index in [1.807, 2.05) is 32.0 Å². The Morgan fingerprint density at radius 3 is 2.05 bits per heavy atom. The molecule has 1 unspecified atom stereocenters. The van der Waals surface area contributed by atoms with Crippen molar-refractivity contribution in [2.24, 2.45) is 0 Å². The highest BCUT2D eigenvalue weighted by atomic mass is 16.5.